The zero-order valence-electron chi connectivity index (χ0n) is 14.6. The van der Waals surface area contributed by atoms with Gasteiger partial charge in [0, 0.05) is 23.7 Å². The molecule has 7 nitrogen and oxygen atoms in total. The van der Waals surface area contributed by atoms with Gasteiger partial charge in [0.1, 0.15) is 16.5 Å². The lowest BCUT2D eigenvalue weighted by molar-refractivity contribution is 0.344. The number of ether oxygens (including phenoxy) is 1. The molecule has 0 bridgehead atoms. The molecular formula is C19H12F2N4O3S. The summed E-state index contributed by atoms with van der Waals surface area (Å²) >= 11 is 0. The summed E-state index contributed by atoms with van der Waals surface area (Å²) in [7, 11) is -4.28. The minimum absolute atomic E-state index is 0.172. The Hall–Kier alpha value is -3.71. The molecule has 0 aliphatic carbocycles. The van der Waals surface area contributed by atoms with Crippen LogP contribution in [0.25, 0.3) is 21.9 Å². The lowest BCUT2D eigenvalue weighted by Gasteiger charge is -2.10. The van der Waals surface area contributed by atoms with Gasteiger partial charge < -0.3 is 9.72 Å². The second-order valence-electron chi connectivity index (χ2n) is 6.04. The lowest BCUT2D eigenvalue weighted by Crippen LogP contribution is -2.14. The van der Waals surface area contributed by atoms with Gasteiger partial charge in [-0.3, -0.25) is 4.72 Å². The Kier molecular flexibility index (Phi) is 4.52. The van der Waals surface area contributed by atoms with Crippen molar-refractivity contribution in [3.63, 3.8) is 0 Å². The number of nitrogens with one attached hydrogen (secondary N) is 2. The lowest BCUT2D eigenvalue weighted by atomic mass is 10.2. The van der Waals surface area contributed by atoms with Crippen molar-refractivity contribution in [2.75, 3.05) is 11.3 Å². The van der Waals surface area contributed by atoms with E-state index in [0.717, 1.165) is 5.39 Å². The predicted octanol–water partition coefficient (Wildman–Crippen LogP) is 3.70. The fourth-order valence-corrected chi connectivity index (χ4v) is 4.04. The zero-order chi connectivity index (χ0) is 20.6. The van der Waals surface area contributed by atoms with E-state index < -0.39 is 39.7 Å². The van der Waals surface area contributed by atoms with Gasteiger partial charge in [0.2, 0.25) is 0 Å². The van der Waals surface area contributed by atoms with E-state index in [4.69, 9.17) is 10.00 Å². The Bertz CT molecular complexity index is 1390. The molecule has 0 aliphatic rings. The van der Waals surface area contributed by atoms with E-state index in [9.17, 15) is 17.2 Å². The molecule has 0 radical (unpaired) electrons. The number of hydrogen-bond acceptors (Lipinski definition) is 5. The number of rotatable bonds is 5. The summed E-state index contributed by atoms with van der Waals surface area (Å²) in [5, 5.41) is 9.28. The average molecular weight is 414 g/mol. The maximum atomic E-state index is 14.3. The average Bonchev–Trinajstić information content (AvgIpc) is 3.11. The van der Waals surface area contributed by atoms with Crippen LogP contribution in [-0.4, -0.2) is 25.0 Å². The number of halogens is 2. The Balaban J connectivity index is 1.74. The first-order valence-corrected chi connectivity index (χ1v) is 9.76. The van der Waals surface area contributed by atoms with Crippen LogP contribution in [-0.2, 0) is 10.0 Å². The molecule has 4 aromatic rings. The topological polar surface area (TPSA) is 108 Å². The van der Waals surface area contributed by atoms with Crippen LogP contribution >= 0.6 is 0 Å². The number of benzene rings is 2. The summed E-state index contributed by atoms with van der Waals surface area (Å²) in [5.41, 5.74) is 0.649. The van der Waals surface area contributed by atoms with Crippen LogP contribution in [0.1, 0.15) is 0 Å². The molecule has 2 aromatic heterocycles. The van der Waals surface area contributed by atoms with Gasteiger partial charge in [-0.1, -0.05) is 18.2 Å². The van der Waals surface area contributed by atoms with Gasteiger partial charge in [0.25, 0.3) is 10.0 Å². The standard InChI is InChI=1S/C19H12F2N4O3S/c20-12-9-17(28-6-5-22)13(21)8-15(12)25-29(26,27)18-10-23-16-7-11-3-1-2-4-14(11)24-19(16)18/h1-4,7-10,23,25H,6H2. The number of pyridine rings is 1. The number of nitrogens with zero attached hydrogens (tertiary/aromatic N) is 2. The first kappa shape index (κ1) is 18.6. The minimum Gasteiger partial charge on any atom is -0.476 e. The molecule has 146 valence electrons. The normalized spacial score (nSPS) is 11.5. The largest absolute Gasteiger partial charge is 0.476 e. The molecule has 2 heterocycles. The Morgan fingerprint density at radius 1 is 1.17 bits per heavy atom. The van der Waals surface area contributed by atoms with Crippen LogP contribution in [0, 0.1) is 23.0 Å². The van der Waals surface area contributed by atoms with Crippen LogP contribution in [0.5, 0.6) is 5.75 Å². The molecule has 0 saturated carbocycles. The summed E-state index contributed by atoms with van der Waals surface area (Å²) in [6, 6.07) is 11.9. The number of hydrogen-bond donors (Lipinski definition) is 2. The summed E-state index contributed by atoms with van der Waals surface area (Å²) < 4.78 is 60.7. The Morgan fingerprint density at radius 2 is 1.97 bits per heavy atom. The molecule has 2 aromatic carbocycles. The van der Waals surface area contributed by atoms with Gasteiger partial charge in [0.05, 0.1) is 16.7 Å². The number of fused-ring (bicyclic) bond motifs is 2. The molecule has 0 saturated heterocycles. The van der Waals surface area contributed by atoms with E-state index in [1.807, 2.05) is 16.9 Å². The highest BCUT2D eigenvalue weighted by atomic mass is 32.2. The molecule has 10 heteroatoms. The number of aromatic nitrogens is 2. The number of anilines is 1. The van der Waals surface area contributed by atoms with Crippen molar-refractivity contribution < 1.29 is 21.9 Å². The van der Waals surface area contributed by atoms with Crippen LogP contribution in [0.2, 0.25) is 0 Å². The highest BCUT2D eigenvalue weighted by Crippen LogP contribution is 2.29. The van der Waals surface area contributed by atoms with E-state index in [2.05, 4.69) is 9.97 Å². The number of para-hydroxylation sites is 1. The van der Waals surface area contributed by atoms with Crippen molar-refractivity contribution in [2.45, 2.75) is 4.90 Å². The van der Waals surface area contributed by atoms with E-state index >= 15 is 0 Å². The van der Waals surface area contributed by atoms with Crippen LogP contribution in [0.15, 0.2) is 53.6 Å². The quantitative estimate of drug-likeness (QED) is 0.518. The molecule has 0 unspecified atom stereocenters. The highest BCUT2D eigenvalue weighted by molar-refractivity contribution is 7.93. The summed E-state index contributed by atoms with van der Waals surface area (Å²) in [6.07, 6.45) is 1.23. The molecule has 0 amide bonds. The van der Waals surface area contributed by atoms with Gasteiger partial charge in [0.15, 0.2) is 24.0 Å². The number of aromatic amines is 1. The van der Waals surface area contributed by atoms with Gasteiger partial charge >= 0.3 is 0 Å². The van der Waals surface area contributed by atoms with Gasteiger partial charge in [-0.2, -0.15) is 5.26 Å². The van der Waals surface area contributed by atoms with Crippen molar-refractivity contribution in [1.82, 2.24) is 9.97 Å². The number of H-pyrrole nitrogens is 1. The smallest absolute Gasteiger partial charge is 0.265 e. The van der Waals surface area contributed by atoms with Crippen LogP contribution < -0.4 is 9.46 Å². The van der Waals surface area contributed by atoms with Crippen molar-refractivity contribution in [1.29, 1.82) is 5.26 Å². The van der Waals surface area contributed by atoms with Crippen molar-refractivity contribution in [3.05, 3.63) is 60.3 Å². The van der Waals surface area contributed by atoms with E-state index in [-0.39, 0.29) is 10.4 Å². The second-order valence-corrected chi connectivity index (χ2v) is 7.70. The van der Waals surface area contributed by atoms with Gasteiger partial charge in [-0.25, -0.2) is 22.2 Å². The van der Waals surface area contributed by atoms with Crippen LogP contribution in [0.4, 0.5) is 14.5 Å². The fourth-order valence-electron chi connectivity index (χ4n) is 2.86. The maximum Gasteiger partial charge on any atom is 0.265 e. The molecule has 0 aliphatic heterocycles. The highest BCUT2D eigenvalue weighted by Gasteiger charge is 2.23. The van der Waals surface area contributed by atoms with Crippen molar-refractivity contribution in [2.24, 2.45) is 0 Å². The third-order valence-corrected chi connectivity index (χ3v) is 5.54. The molecule has 0 atom stereocenters. The van der Waals surface area contributed by atoms with Crippen molar-refractivity contribution in [3.8, 4) is 11.8 Å². The number of sulfonamides is 1. The number of nitriles is 1. The first-order valence-electron chi connectivity index (χ1n) is 8.27. The maximum absolute atomic E-state index is 14.3. The minimum atomic E-state index is -4.28. The fraction of sp³-hybridized carbons (Fsp3) is 0.0526. The van der Waals surface area contributed by atoms with E-state index in [1.165, 1.54) is 6.20 Å². The predicted molar refractivity (Wildman–Crippen MR) is 102 cm³/mol. The molecule has 4 rings (SSSR count). The summed E-state index contributed by atoms with van der Waals surface area (Å²) in [4.78, 5) is 6.99. The third-order valence-electron chi connectivity index (χ3n) is 4.16. The molecule has 29 heavy (non-hydrogen) atoms. The third kappa shape index (κ3) is 3.43. The molecule has 0 spiro atoms. The zero-order valence-corrected chi connectivity index (χ0v) is 15.4. The summed E-state index contributed by atoms with van der Waals surface area (Å²) in [6.45, 7) is -0.476. The second kappa shape index (κ2) is 7.03. The van der Waals surface area contributed by atoms with E-state index in [0.29, 0.717) is 23.2 Å². The molecular weight excluding hydrogens is 402 g/mol. The monoisotopic (exact) mass is 414 g/mol. The Labute approximate surface area is 163 Å². The van der Waals surface area contributed by atoms with Crippen LogP contribution in [0.3, 0.4) is 0 Å². The summed E-state index contributed by atoms with van der Waals surface area (Å²) in [5.74, 6) is -2.56. The van der Waals surface area contributed by atoms with Crippen molar-refractivity contribution >= 4 is 37.6 Å². The van der Waals surface area contributed by atoms with Gasteiger partial charge in [-0.15, -0.1) is 0 Å². The Morgan fingerprint density at radius 3 is 2.76 bits per heavy atom. The van der Waals surface area contributed by atoms with E-state index in [1.54, 1.807) is 24.3 Å². The van der Waals surface area contributed by atoms with Gasteiger partial charge in [-0.05, 0) is 12.1 Å². The first-order chi connectivity index (χ1) is 13.9. The SMILES string of the molecule is N#CCOc1cc(F)c(NS(=O)(=O)c2c[nH]c3cc4ccccc4nc23)cc1F. The molecule has 2 N–H and O–H groups in total. The molecule has 0 fully saturated rings.